The minimum atomic E-state index is -1.79. The van der Waals surface area contributed by atoms with Crippen molar-refractivity contribution >= 4 is 5.97 Å². The predicted octanol–water partition coefficient (Wildman–Crippen LogP) is -4.43. The fourth-order valence-electron chi connectivity index (χ4n) is 2.90. The van der Waals surface area contributed by atoms with Crippen molar-refractivity contribution in [3.63, 3.8) is 0 Å². The molecule has 2 heterocycles. The molecule has 0 saturated carbocycles. The second-order valence-corrected chi connectivity index (χ2v) is 6.74. The van der Waals surface area contributed by atoms with Crippen molar-refractivity contribution in [1.82, 2.24) is 0 Å². The molecule has 2 rings (SSSR count). The summed E-state index contributed by atoms with van der Waals surface area (Å²) in [7, 11) is 0. The van der Waals surface area contributed by atoms with E-state index < -0.39 is 80.6 Å². The van der Waals surface area contributed by atoms with Crippen LogP contribution < -0.4 is 0 Å². The van der Waals surface area contributed by atoms with Crippen LogP contribution in [0.1, 0.15) is 12.8 Å². The highest BCUT2D eigenvalue weighted by Crippen LogP contribution is 2.28. The number of terminal acetylenes is 1. The van der Waals surface area contributed by atoms with Gasteiger partial charge in [-0.3, -0.25) is 4.79 Å². The van der Waals surface area contributed by atoms with Gasteiger partial charge in [-0.1, -0.05) is 0 Å². The molecule has 0 aromatic rings. The van der Waals surface area contributed by atoms with Crippen molar-refractivity contribution in [2.75, 3.05) is 13.2 Å². The first-order chi connectivity index (χ1) is 13.7. The second kappa shape index (κ2) is 10.6. The summed E-state index contributed by atoms with van der Waals surface area (Å²) < 4.78 is 20.6. The Morgan fingerprint density at radius 1 is 0.862 bits per heavy atom. The van der Waals surface area contributed by atoms with Crippen LogP contribution in [0.3, 0.4) is 0 Å². The van der Waals surface area contributed by atoms with Crippen LogP contribution >= 0.6 is 0 Å². The Morgan fingerprint density at radius 3 is 1.90 bits per heavy atom. The minimum absolute atomic E-state index is 0.0602. The maximum absolute atomic E-state index is 11.5. The lowest BCUT2D eigenvalue weighted by Gasteiger charge is -2.44. The summed E-state index contributed by atoms with van der Waals surface area (Å²) in [5, 5.41) is 68.9. The van der Waals surface area contributed by atoms with Gasteiger partial charge in [-0.2, -0.15) is 0 Å². The molecule has 6 unspecified atom stereocenters. The van der Waals surface area contributed by atoms with Crippen molar-refractivity contribution in [3.05, 3.63) is 0 Å². The van der Waals surface area contributed by atoms with Crippen LogP contribution in [0.5, 0.6) is 0 Å². The van der Waals surface area contributed by atoms with Gasteiger partial charge in [0.15, 0.2) is 12.6 Å². The van der Waals surface area contributed by atoms with Gasteiger partial charge in [0, 0.05) is 6.42 Å². The summed E-state index contributed by atoms with van der Waals surface area (Å²) in [6, 6.07) is 0. The van der Waals surface area contributed by atoms with E-state index in [0.29, 0.717) is 0 Å². The molecule has 0 spiro atoms. The normalized spacial score (nSPS) is 42.8. The van der Waals surface area contributed by atoms with E-state index in [1.807, 2.05) is 0 Å². The standard InChI is InChI=1S/C17H26O12/c1-2-3-4-9(19)26-6-8-11(21)13(23)15(25)17(28-8)29-16-14(24)12(22)10(20)7(5-18)27-16/h1,7-8,10-18,20-25H,3-6H2/t7?,8?,10-,11-,12?,13?,14?,15?,16-,17-/m1/s1. The molecular formula is C17H26O12. The molecule has 12 nitrogen and oxygen atoms in total. The molecule has 10 atom stereocenters. The maximum Gasteiger partial charge on any atom is 0.306 e. The quantitative estimate of drug-likeness (QED) is 0.154. The van der Waals surface area contributed by atoms with E-state index in [1.54, 1.807) is 0 Å². The molecule has 2 saturated heterocycles. The lowest BCUT2D eigenvalue weighted by atomic mass is 9.98. The first-order valence-corrected chi connectivity index (χ1v) is 8.96. The first kappa shape index (κ1) is 23.9. The SMILES string of the molecule is C#CCCC(=O)OCC1O[C@H](O[C@H]2OC(CO)[C@@H](O)C(O)C2O)C(O)C(O)[C@@H]1O. The number of rotatable bonds is 7. The molecular weight excluding hydrogens is 396 g/mol. The molecule has 166 valence electrons. The summed E-state index contributed by atoms with van der Waals surface area (Å²) in [6.45, 7) is -1.18. The van der Waals surface area contributed by atoms with Crippen LogP contribution in [-0.4, -0.2) is 116 Å². The summed E-state index contributed by atoms with van der Waals surface area (Å²) in [4.78, 5) is 11.5. The average molecular weight is 422 g/mol. The van der Waals surface area contributed by atoms with Crippen LogP contribution in [0.4, 0.5) is 0 Å². The van der Waals surface area contributed by atoms with E-state index in [2.05, 4.69) is 5.92 Å². The number of carbonyl (C=O) groups excluding carboxylic acids is 1. The van der Waals surface area contributed by atoms with Gasteiger partial charge in [0.25, 0.3) is 0 Å². The Bertz CT molecular complexity index is 577. The van der Waals surface area contributed by atoms with Crippen LogP contribution in [0.15, 0.2) is 0 Å². The third-order valence-corrected chi connectivity index (χ3v) is 4.67. The van der Waals surface area contributed by atoms with Crippen molar-refractivity contribution < 1.29 is 59.5 Å². The van der Waals surface area contributed by atoms with Gasteiger partial charge in [-0.05, 0) is 0 Å². The topological polar surface area (TPSA) is 196 Å². The number of aliphatic hydroxyl groups excluding tert-OH is 7. The van der Waals surface area contributed by atoms with E-state index in [1.165, 1.54) is 0 Å². The predicted molar refractivity (Wildman–Crippen MR) is 90.6 cm³/mol. The third-order valence-electron chi connectivity index (χ3n) is 4.67. The molecule has 12 heteroatoms. The smallest absolute Gasteiger partial charge is 0.306 e. The molecule has 0 radical (unpaired) electrons. The Morgan fingerprint density at radius 2 is 1.38 bits per heavy atom. The molecule has 29 heavy (non-hydrogen) atoms. The van der Waals surface area contributed by atoms with E-state index in [4.69, 9.17) is 25.4 Å². The number of hydrogen-bond donors (Lipinski definition) is 7. The number of ether oxygens (including phenoxy) is 4. The highest BCUT2D eigenvalue weighted by atomic mass is 16.8. The van der Waals surface area contributed by atoms with E-state index >= 15 is 0 Å². The molecule has 7 N–H and O–H groups in total. The maximum atomic E-state index is 11.5. The zero-order chi connectivity index (χ0) is 21.7. The highest BCUT2D eigenvalue weighted by Gasteiger charge is 2.49. The Kier molecular flexibility index (Phi) is 8.73. The molecule has 0 aromatic heterocycles. The van der Waals surface area contributed by atoms with E-state index in [0.717, 1.165) is 0 Å². The third kappa shape index (κ3) is 5.62. The summed E-state index contributed by atoms with van der Waals surface area (Å²) in [6.07, 6.45) is -11.0. The van der Waals surface area contributed by atoms with Gasteiger partial charge in [0.05, 0.1) is 13.0 Å². The molecule has 2 fully saturated rings. The van der Waals surface area contributed by atoms with Crippen molar-refractivity contribution in [3.8, 4) is 12.3 Å². The molecule has 0 bridgehead atoms. The van der Waals surface area contributed by atoms with Crippen molar-refractivity contribution in [2.45, 2.75) is 74.3 Å². The number of aliphatic hydroxyl groups is 7. The zero-order valence-electron chi connectivity index (χ0n) is 15.4. The first-order valence-electron chi connectivity index (χ1n) is 8.96. The van der Waals surface area contributed by atoms with E-state index in [-0.39, 0.29) is 12.8 Å². The minimum Gasteiger partial charge on any atom is -0.463 e. The van der Waals surface area contributed by atoms with Crippen LogP contribution in [0.2, 0.25) is 0 Å². The molecule has 0 amide bonds. The Labute approximate surface area is 166 Å². The van der Waals surface area contributed by atoms with Gasteiger partial charge in [-0.25, -0.2) is 0 Å². The zero-order valence-corrected chi connectivity index (χ0v) is 15.4. The monoisotopic (exact) mass is 422 g/mol. The van der Waals surface area contributed by atoms with Crippen LogP contribution in [0.25, 0.3) is 0 Å². The summed E-state index contributed by atoms with van der Waals surface area (Å²) in [5.41, 5.74) is 0. The largest absolute Gasteiger partial charge is 0.463 e. The molecule has 0 aromatic carbocycles. The Hall–Kier alpha value is -1.37. The van der Waals surface area contributed by atoms with Crippen molar-refractivity contribution in [1.29, 1.82) is 0 Å². The highest BCUT2D eigenvalue weighted by molar-refractivity contribution is 5.69. The van der Waals surface area contributed by atoms with Gasteiger partial charge >= 0.3 is 5.97 Å². The molecule has 2 aliphatic heterocycles. The van der Waals surface area contributed by atoms with Gasteiger partial charge in [-0.15, -0.1) is 12.3 Å². The Balaban J connectivity index is 2.01. The number of carbonyl (C=O) groups is 1. The molecule has 2 aliphatic rings. The van der Waals surface area contributed by atoms with Gasteiger partial charge in [0.1, 0.15) is 55.4 Å². The summed E-state index contributed by atoms with van der Waals surface area (Å²) >= 11 is 0. The van der Waals surface area contributed by atoms with E-state index in [9.17, 15) is 40.5 Å². The lowest BCUT2D eigenvalue weighted by Crippen LogP contribution is -2.63. The second-order valence-electron chi connectivity index (χ2n) is 6.74. The van der Waals surface area contributed by atoms with Crippen LogP contribution in [-0.2, 0) is 23.7 Å². The average Bonchev–Trinajstić information content (AvgIpc) is 2.71. The van der Waals surface area contributed by atoms with Crippen molar-refractivity contribution in [2.24, 2.45) is 0 Å². The number of hydrogen-bond acceptors (Lipinski definition) is 12. The van der Waals surface area contributed by atoms with Gasteiger partial charge < -0.3 is 54.7 Å². The number of esters is 1. The summed E-state index contributed by atoms with van der Waals surface area (Å²) in [5.74, 6) is 1.60. The lowest BCUT2D eigenvalue weighted by molar-refractivity contribution is -0.376. The molecule has 0 aliphatic carbocycles. The van der Waals surface area contributed by atoms with Gasteiger partial charge in [0.2, 0.25) is 0 Å². The van der Waals surface area contributed by atoms with Crippen LogP contribution in [0, 0.1) is 12.3 Å². The fourth-order valence-corrected chi connectivity index (χ4v) is 2.90. The fraction of sp³-hybridized carbons (Fsp3) is 0.824.